The van der Waals surface area contributed by atoms with Crippen LogP contribution in [0, 0.1) is 0 Å². The predicted octanol–water partition coefficient (Wildman–Crippen LogP) is 5.35. The molecule has 0 bridgehead atoms. The Kier molecular flexibility index (Phi) is 5.84. The summed E-state index contributed by atoms with van der Waals surface area (Å²) in [6, 6.07) is 17.4. The molecule has 0 saturated carbocycles. The number of hydrogen-bond donors (Lipinski definition) is 1. The highest BCUT2D eigenvalue weighted by molar-refractivity contribution is 9.10. The maximum Gasteiger partial charge on any atom is 0.277 e. The summed E-state index contributed by atoms with van der Waals surface area (Å²) in [7, 11) is 0. The van der Waals surface area contributed by atoms with Crippen LogP contribution in [-0.4, -0.2) is 26.8 Å². The number of hydrogen-bond acceptors (Lipinski definition) is 7. The van der Waals surface area contributed by atoms with Gasteiger partial charge in [0, 0.05) is 15.4 Å². The maximum absolute atomic E-state index is 12.2. The molecule has 0 atom stereocenters. The molecule has 4 aromatic rings. The van der Waals surface area contributed by atoms with Crippen LogP contribution < -0.4 is 5.32 Å². The number of aromatic nitrogens is 3. The Morgan fingerprint density at radius 2 is 1.89 bits per heavy atom. The van der Waals surface area contributed by atoms with E-state index in [0.29, 0.717) is 16.2 Å². The fraction of sp³-hybridized carbons (Fsp3) is 0.0526. The average molecular weight is 473 g/mol. The molecule has 1 N–H and O–H groups in total. The second-order valence-electron chi connectivity index (χ2n) is 5.59. The first-order valence-electron chi connectivity index (χ1n) is 8.21. The number of carbonyl (C=O) groups excluding carboxylic acids is 1. The molecule has 0 fully saturated rings. The number of nitrogens with zero attached hydrogens (tertiary/aromatic N) is 3. The number of benzene rings is 2. The highest BCUT2D eigenvalue weighted by Gasteiger charge is 2.14. The molecule has 1 amide bonds. The lowest BCUT2D eigenvalue weighted by Crippen LogP contribution is -2.13. The Hall–Kier alpha value is -2.49. The van der Waals surface area contributed by atoms with E-state index in [-0.39, 0.29) is 11.7 Å². The summed E-state index contributed by atoms with van der Waals surface area (Å²) in [4.78, 5) is 16.6. The van der Waals surface area contributed by atoms with E-state index in [0.717, 1.165) is 21.3 Å². The van der Waals surface area contributed by atoms with Gasteiger partial charge in [-0.2, -0.15) is 0 Å². The Morgan fingerprint density at radius 1 is 1.11 bits per heavy atom. The standard InChI is InChI=1S/C19H13BrN4O2S2/c20-14-9-5-4-8-13(14)17-23-24-19(26-17)28-11-16(25)22-18-21-15(10-27-18)12-6-2-1-3-7-12/h1-10H,11H2,(H,21,22,25). The molecule has 0 aliphatic heterocycles. The van der Waals surface area contributed by atoms with Crippen LogP contribution in [0.3, 0.4) is 0 Å². The van der Waals surface area contributed by atoms with Gasteiger partial charge in [-0.05, 0) is 28.1 Å². The van der Waals surface area contributed by atoms with Crippen molar-refractivity contribution in [2.45, 2.75) is 5.22 Å². The lowest BCUT2D eigenvalue weighted by Gasteiger charge is -2.00. The van der Waals surface area contributed by atoms with Crippen LogP contribution in [0.25, 0.3) is 22.7 Å². The molecule has 0 radical (unpaired) electrons. The van der Waals surface area contributed by atoms with Gasteiger partial charge in [-0.3, -0.25) is 4.79 Å². The quantitative estimate of drug-likeness (QED) is 0.380. The zero-order valence-corrected chi connectivity index (χ0v) is 17.6. The smallest absolute Gasteiger partial charge is 0.277 e. The van der Waals surface area contributed by atoms with Crippen molar-refractivity contribution < 1.29 is 9.21 Å². The molecule has 4 rings (SSSR count). The first-order valence-corrected chi connectivity index (χ1v) is 10.9. The summed E-state index contributed by atoms with van der Waals surface area (Å²) in [5.41, 5.74) is 2.66. The highest BCUT2D eigenvalue weighted by Crippen LogP contribution is 2.29. The molecule has 2 aromatic heterocycles. The molecule has 2 aromatic carbocycles. The Labute approximate surface area is 177 Å². The zero-order valence-electron chi connectivity index (χ0n) is 14.3. The van der Waals surface area contributed by atoms with Gasteiger partial charge in [0.05, 0.1) is 17.0 Å². The highest BCUT2D eigenvalue weighted by atomic mass is 79.9. The average Bonchev–Trinajstić information content (AvgIpc) is 3.37. The lowest BCUT2D eigenvalue weighted by atomic mass is 10.2. The normalized spacial score (nSPS) is 10.8. The van der Waals surface area contributed by atoms with Gasteiger partial charge in [0.1, 0.15) is 0 Å². The van der Waals surface area contributed by atoms with Crippen LogP contribution in [0.2, 0.25) is 0 Å². The number of thioether (sulfide) groups is 1. The van der Waals surface area contributed by atoms with Gasteiger partial charge in [0.25, 0.3) is 5.22 Å². The number of thiazole rings is 1. The minimum atomic E-state index is -0.181. The van der Waals surface area contributed by atoms with Crippen LogP contribution in [0.1, 0.15) is 0 Å². The predicted molar refractivity (Wildman–Crippen MR) is 114 cm³/mol. The third-order valence-electron chi connectivity index (χ3n) is 3.66. The first kappa shape index (κ1) is 18.9. The summed E-state index contributed by atoms with van der Waals surface area (Å²) in [5, 5.41) is 13.6. The molecular formula is C19H13BrN4O2S2. The summed E-state index contributed by atoms with van der Waals surface area (Å²) < 4.78 is 6.50. The third kappa shape index (κ3) is 4.49. The van der Waals surface area contributed by atoms with Gasteiger partial charge >= 0.3 is 0 Å². The SMILES string of the molecule is O=C(CSc1nnc(-c2ccccc2Br)o1)Nc1nc(-c2ccccc2)cs1. The van der Waals surface area contributed by atoms with E-state index in [9.17, 15) is 4.79 Å². The van der Waals surface area contributed by atoms with Crippen molar-refractivity contribution in [3.63, 3.8) is 0 Å². The number of anilines is 1. The molecule has 6 nitrogen and oxygen atoms in total. The molecule has 0 spiro atoms. The molecule has 28 heavy (non-hydrogen) atoms. The number of nitrogens with one attached hydrogen (secondary N) is 1. The Balaban J connectivity index is 1.34. The number of amides is 1. The molecule has 140 valence electrons. The van der Waals surface area contributed by atoms with Crippen molar-refractivity contribution in [3.05, 3.63) is 64.5 Å². The largest absolute Gasteiger partial charge is 0.411 e. The number of carbonyl (C=O) groups is 1. The van der Waals surface area contributed by atoms with Crippen molar-refractivity contribution >= 4 is 50.1 Å². The second-order valence-corrected chi connectivity index (χ2v) is 8.23. The molecule has 0 saturated heterocycles. The van der Waals surface area contributed by atoms with Crippen LogP contribution >= 0.6 is 39.0 Å². The molecule has 2 heterocycles. The molecule has 0 aliphatic rings. The van der Waals surface area contributed by atoms with E-state index in [2.05, 4.69) is 36.4 Å². The van der Waals surface area contributed by atoms with Gasteiger partial charge in [-0.1, -0.05) is 54.2 Å². The van der Waals surface area contributed by atoms with Crippen molar-refractivity contribution in [3.8, 4) is 22.7 Å². The van der Waals surface area contributed by atoms with Crippen LogP contribution in [0.4, 0.5) is 5.13 Å². The summed E-state index contributed by atoms with van der Waals surface area (Å²) >= 11 is 6.03. The summed E-state index contributed by atoms with van der Waals surface area (Å²) in [6.07, 6.45) is 0. The molecule has 9 heteroatoms. The first-order chi connectivity index (χ1) is 13.7. The van der Waals surface area contributed by atoms with E-state index in [4.69, 9.17) is 4.42 Å². The van der Waals surface area contributed by atoms with E-state index in [1.54, 1.807) is 0 Å². The second kappa shape index (κ2) is 8.68. The summed E-state index contributed by atoms with van der Waals surface area (Å²) in [5.74, 6) is 0.375. The van der Waals surface area contributed by atoms with Crippen LogP contribution in [-0.2, 0) is 4.79 Å². The molecular weight excluding hydrogens is 460 g/mol. The number of halogens is 1. The fourth-order valence-electron chi connectivity index (χ4n) is 2.37. The lowest BCUT2D eigenvalue weighted by molar-refractivity contribution is -0.113. The van der Waals surface area contributed by atoms with E-state index >= 15 is 0 Å². The van der Waals surface area contributed by atoms with E-state index in [1.165, 1.54) is 23.1 Å². The van der Waals surface area contributed by atoms with Crippen LogP contribution in [0.5, 0.6) is 0 Å². The van der Waals surface area contributed by atoms with Gasteiger partial charge in [-0.15, -0.1) is 21.5 Å². The van der Waals surface area contributed by atoms with Crippen molar-refractivity contribution in [2.75, 3.05) is 11.1 Å². The van der Waals surface area contributed by atoms with Crippen molar-refractivity contribution in [2.24, 2.45) is 0 Å². The van der Waals surface area contributed by atoms with Gasteiger partial charge in [0.15, 0.2) is 5.13 Å². The van der Waals surface area contributed by atoms with Crippen molar-refractivity contribution in [1.82, 2.24) is 15.2 Å². The summed E-state index contributed by atoms with van der Waals surface area (Å²) in [6.45, 7) is 0. The van der Waals surface area contributed by atoms with Crippen molar-refractivity contribution in [1.29, 1.82) is 0 Å². The Morgan fingerprint density at radius 3 is 2.71 bits per heavy atom. The zero-order chi connectivity index (χ0) is 19.3. The van der Waals surface area contributed by atoms with Gasteiger partial charge in [-0.25, -0.2) is 4.98 Å². The minimum absolute atomic E-state index is 0.151. The Bertz CT molecular complexity index is 1100. The van der Waals surface area contributed by atoms with E-state index in [1.807, 2.05) is 60.0 Å². The van der Waals surface area contributed by atoms with Gasteiger partial charge < -0.3 is 9.73 Å². The third-order valence-corrected chi connectivity index (χ3v) is 5.93. The topological polar surface area (TPSA) is 80.9 Å². The molecule has 0 aliphatic carbocycles. The minimum Gasteiger partial charge on any atom is -0.411 e. The molecule has 0 unspecified atom stereocenters. The fourth-order valence-corrected chi connectivity index (χ4v) is 4.12. The monoisotopic (exact) mass is 472 g/mol. The van der Waals surface area contributed by atoms with Crippen LogP contribution in [0.15, 0.2) is 74.1 Å². The van der Waals surface area contributed by atoms with Gasteiger partial charge in [0.2, 0.25) is 11.8 Å². The van der Waals surface area contributed by atoms with E-state index < -0.39 is 0 Å². The maximum atomic E-state index is 12.2. The number of rotatable bonds is 6.